The standard InChI is InChI=1S/C28H29NO3/c30-28(20-24(21-9-3-1-4-10-21)22-11-5-2-6-12-22)29-16-7-13-25(29)23-14-15-26-27(19-23)32-18-8-17-31-26/h1-6,9-12,14-15,19,24-25H,7-8,13,16-18,20H2. The predicted molar refractivity (Wildman–Crippen MR) is 125 cm³/mol. The zero-order chi connectivity index (χ0) is 21.8. The molecule has 5 rings (SSSR count). The Bertz CT molecular complexity index is 1010. The summed E-state index contributed by atoms with van der Waals surface area (Å²) in [5.74, 6) is 1.85. The summed E-state index contributed by atoms with van der Waals surface area (Å²) in [4.78, 5) is 15.7. The molecule has 1 saturated heterocycles. The van der Waals surface area contributed by atoms with Crippen molar-refractivity contribution in [1.82, 2.24) is 4.90 Å². The highest BCUT2D eigenvalue weighted by molar-refractivity contribution is 5.78. The molecule has 1 atom stereocenters. The van der Waals surface area contributed by atoms with E-state index < -0.39 is 0 Å². The average molecular weight is 428 g/mol. The van der Waals surface area contributed by atoms with E-state index in [9.17, 15) is 4.79 Å². The molecule has 164 valence electrons. The maximum absolute atomic E-state index is 13.6. The van der Waals surface area contributed by atoms with Gasteiger partial charge in [0, 0.05) is 25.3 Å². The number of hydrogen-bond acceptors (Lipinski definition) is 3. The van der Waals surface area contributed by atoms with Gasteiger partial charge in [-0.15, -0.1) is 0 Å². The van der Waals surface area contributed by atoms with Gasteiger partial charge in [0.05, 0.1) is 19.3 Å². The van der Waals surface area contributed by atoms with Crippen molar-refractivity contribution in [3.63, 3.8) is 0 Å². The van der Waals surface area contributed by atoms with Crippen LogP contribution in [0, 0.1) is 0 Å². The molecule has 2 heterocycles. The molecule has 2 aliphatic heterocycles. The van der Waals surface area contributed by atoms with Crippen LogP contribution in [0.5, 0.6) is 11.5 Å². The smallest absolute Gasteiger partial charge is 0.224 e. The fourth-order valence-corrected chi connectivity index (χ4v) is 4.89. The minimum atomic E-state index is 0.0509. The highest BCUT2D eigenvalue weighted by Gasteiger charge is 2.32. The number of benzene rings is 3. The van der Waals surface area contributed by atoms with Gasteiger partial charge in [0.1, 0.15) is 0 Å². The largest absolute Gasteiger partial charge is 0.490 e. The lowest BCUT2D eigenvalue weighted by Gasteiger charge is -2.28. The minimum Gasteiger partial charge on any atom is -0.490 e. The fraction of sp³-hybridized carbons (Fsp3) is 0.321. The Morgan fingerprint density at radius 3 is 2.19 bits per heavy atom. The van der Waals surface area contributed by atoms with E-state index in [4.69, 9.17) is 9.47 Å². The van der Waals surface area contributed by atoms with Crippen LogP contribution in [0.1, 0.15) is 54.3 Å². The zero-order valence-electron chi connectivity index (χ0n) is 18.3. The van der Waals surface area contributed by atoms with Gasteiger partial charge in [-0.2, -0.15) is 0 Å². The highest BCUT2D eigenvalue weighted by Crippen LogP contribution is 2.39. The predicted octanol–water partition coefficient (Wildman–Crippen LogP) is 5.73. The quantitative estimate of drug-likeness (QED) is 0.522. The Hall–Kier alpha value is -3.27. The average Bonchev–Trinajstić information content (AvgIpc) is 3.22. The number of rotatable bonds is 5. The second kappa shape index (κ2) is 9.47. The molecule has 0 aromatic heterocycles. The second-order valence-electron chi connectivity index (χ2n) is 8.58. The van der Waals surface area contributed by atoms with E-state index >= 15 is 0 Å². The maximum Gasteiger partial charge on any atom is 0.224 e. The molecule has 2 aliphatic rings. The lowest BCUT2D eigenvalue weighted by Crippen LogP contribution is -2.31. The monoisotopic (exact) mass is 427 g/mol. The van der Waals surface area contributed by atoms with Crippen LogP contribution >= 0.6 is 0 Å². The Morgan fingerprint density at radius 1 is 0.844 bits per heavy atom. The second-order valence-corrected chi connectivity index (χ2v) is 8.58. The summed E-state index contributed by atoms with van der Waals surface area (Å²) in [6.07, 6.45) is 3.35. The van der Waals surface area contributed by atoms with Crippen LogP contribution in [0.25, 0.3) is 0 Å². The summed E-state index contributed by atoms with van der Waals surface area (Å²) < 4.78 is 11.7. The van der Waals surface area contributed by atoms with Crippen LogP contribution < -0.4 is 9.47 Å². The van der Waals surface area contributed by atoms with Crippen LogP contribution in [0.15, 0.2) is 78.9 Å². The van der Waals surface area contributed by atoms with Gasteiger partial charge in [0.2, 0.25) is 5.91 Å². The Balaban J connectivity index is 1.39. The lowest BCUT2D eigenvalue weighted by atomic mass is 9.88. The fourth-order valence-electron chi connectivity index (χ4n) is 4.89. The molecule has 0 N–H and O–H groups in total. The van der Waals surface area contributed by atoms with Crippen molar-refractivity contribution in [3.05, 3.63) is 95.6 Å². The van der Waals surface area contributed by atoms with Gasteiger partial charge in [0.25, 0.3) is 0 Å². The number of likely N-dealkylation sites (tertiary alicyclic amines) is 1. The topological polar surface area (TPSA) is 38.8 Å². The lowest BCUT2D eigenvalue weighted by molar-refractivity contribution is -0.132. The molecule has 3 aromatic rings. The van der Waals surface area contributed by atoms with Gasteiger partial charge < -0.3 is 14.4 Å². The molecule has 1 unspecified atom stereocenters. The van der Waals surface area contributed by atoms with Crippen molar-refractivity contribution in [3.8, 4) is 11.5 Å². The molecule has 3 aromatic carbocycles. The first-order valence-electron chi connectivity index (χ1n) is 11.6. The molecule has 4 nitrogen and oxygen atoms in total. The van der Waals surface area contributed by atoms with E-state index in [2.05, 4.69) is 41.3 Å². The molecule has 0 bridgehead atoms. The SMILES string of the molecule is O=C(CC(c1ccccc1)c1ccccc1)N1CCCC1c1ccc2c(c1)OCCCO2. The molecule has 0 radical (unpaired) electrons. The third kappa shape index (κ3) is 4.36. The molecular weight excluding hydrogens is 398 g/mol. The number of nitrogens with zero attached hydrogens (tertiary/aromatic N) is 1. The summed E-state index contributed by atoms with van der Waals surface area (Å²) in [6.45, 7) is 2.15. The van der Waals surface area contributed by atoms with E-state index in [-0.39, 0.29) is 17.9 Å². The minimum absolute atomic E-state index is 0.0509. The third-order valence-electron chi connectivity index (χ3n) is 6.51. The van der Waals surface area contributed by atoms with Crippen molar-refractivity contribution in [2.75, 3.05) is 19.8 Å². The molecule has 0 spiro atoms. The summed E-state index contributed by atoms with van der Waals surface area (Å²) in [5, 5.41) is 0. The Kier molecular flexibility index (Phi) is 6.11. The van der Waals surface area contributed by atoms with Gasteiger partial charge in [-0.3, -0.25) is 4.79 Å². The maximum atomic E-state index is 13.6. The third-order valence-corrected chi connectivity index (χ3v) is 6.51. The van der Waals surface area contributed by atoms with E-state index in [0.29, 0.717) is 19.6 Å². The molecule has 0 aliphatic carbocycles. The molecule has 1 fully saturated rings. The number of ether oxygens (including phenoxy) is 2. The zero-order valence-corrected chi connectivity index (χ0v) is 18.3. The Morgan fingerprint density at radius 2 is 1.50 bits per heavy atom. The van der Waals surface area contributed by atoms with Crippen molar-refractivity contribution in [2.45, 2.75) is 37.6 Å². The summed E-state index contributed by atoms with van der Waals surface area (Å²) in [6, 6.07) is 27.0. The van der Waals surface area contributed by atoms with Crippen LogP contribution in [0.3, 0.4) is 0 Å². The van der Waals surface area contributed by atoms with Crippen LogP contribution in [0.2, 0.25) is 0 Å². The van der Waals surface area contributed by atoms with Crippen molar-refractivity contribution in [1.29, 1.82) is 0 Å². The number of carbonyl (C=O) groups is 1. The van der Waals surface area contributed by atoms with E-state index in [1.807, 2.05) is 42.5 Å². The first-order chi connectivity index (χ1) is 15.8. The number of fused-ring (bicyclic) bond motifs is 1. The molecule has 1 amide bonds. The summed E-state index contributed by atoms with van der Waals surface area (Å²) in [5.41, 5.74) is 3.49. The van der Waals surface area contributed by atoms with Gasteiger partial charge >= 0.3 is 0 Å². The van der Waals surface area contributed by atoms with Crippen molar-refractivity contribution >= 4 is 5.91 Å². The van der Waals surface area contributed by atoms with Gasteiger partial charge in [-0.1, -0.05) is 66.7 Å². The van der Waals surface area contributed by atoms with Gasteiger partial charge in [0.15, 0.2) is 11.5 Å². The molecular formula is C28H29NO3. The normalized spacial score (nSPS) is 17.9. The van der Waals surface area contributed by atoms with Crippen LogP contribution in [0.4, 0.5) is 0 Å². The molecule has 0 saturated carbocycles. The summed E-state index contributed by atoms with van der Waals surface area (Å²) in [7, 11) is 0. The van der Waals surface area contributed by atoms with Crippen molar-refractivity contribution < 1.29 is 14.3 Å². The summed E-state index contributed by atoms with van der Waals surface area (Å²) >= 11 is 0. The molecule has 32 heavy (non-hydrogen) atoms. The van der Waals surface area contributed by atoms with E-state index in [1.165, 1.54) is 11.1 Å². The molecule has 4 heteroatoms. The van der Waals surface area contributed by atoms with E-state index in [0.717, 1.165) is 42.9 Å². The number of hydrogen-bond donors (Lipinski definition) is 0. The van der Waals surface area contributed by atoms with E-state index in [1.54, 1.807) is 0 Å². The number of amides is 1. The van der Waals surface area contributed by atoms with Crippen LogP contribution in [-0.4, -0.2) is 30.6 Å². The first-order valence-corrected chi connectivity index (χ1v) is 11.6. The number of carbonyl (C=O) groups excluding carboxylic acids is 1. The van der Waals surface area contributed by atoms with Crippen LogP contribution in [-0.2, 0) is 4.79 Å². The van der Waals surface area contributed by atoms with Gasteiger partial charge in [-0.05, 0) is 41.7 Å². The van der Waals surface area contributed by atoms with Gasteiger partial charge in [-0.25, -0.2) is 0 Å². The van der Waals surface area contributed by atoms with Crippen molar-refractivity contribution in [2.24, 2.45) is 0 Å². The first kappa shape index (κ1) is 20.6. The Labute approximate surface area is 189 Å². The highest BCUT2D eigenvalue weighted by atomic mass is 16.5.